The van der Waals surface area contributed by atoms with Crippen molar-refractivity contribution in [2.45, 2.75) is 62.8 Å². The summed E-state index contributed by atoms with van der Waals surface area (Å²) >= 11 is 6.29. The zero-order chi connectivity index (χ0) is 24.8. The van der Waals surface area contributed by atoms with Crippen molar-refractivity contribution in [2.75, 3.05) is 13.2 Å². The number of nitrogens with one attached hydrogen (secondary N) is 1. The molecule has 2 N–H and O–H groups in total. The Balaban J connectivity index is 1.14. The Hall–Kier alpha value is -2.73. The SMILES string of the molecule is O[C@@H]1COC2C1OC[C@H]2Oc1nc2nc(OCc3c(F)cc(OC4CCCC4)cc3F)c(Cl)cc2[nH]1. The molecule has 6 rings (SSSR count). The average Bonchev–Trinajstić information content (AvgIpc) is 3.62. The highest BCUT2D eigenvalue weighted by molar-refractivity contribution is 6.32. The lowest BCUT2D eigenvalue weighted by Gasteiger charge is -2.15. The van der Waals surface area contributed by atoms with E-state index in [0.29, 0.717) is 5.52 Å². The molecule has 3 fully saturated rings. The molecule has 0 spiro atoms. The van der Waals surface area contributed by atoms with Crippen LogP contribution >= 0.6 is 11.6 Å². The summed E-state index contributed by atoms with van der Waals surface area (Å²) in [7, 11) is 0. The van der Waals surface area contributed by atoms with Crippen molar-refractivity contribution in [1.82, 2.24) is 15.0 Å². The third kappa shape index (κ3) is 4.56. The Morgan fingerprint density at radius 3 is 2.56 bits per heavy atom. The molecule has 0 amide bonds. The maximum absolute atomic E-state index is 14.6. The van der Waals surface area contributed by atoms with Gasteiger partial charge in [0.2, 0.25) is 5.88 Å². The lowest BCUT2D eigenvalue weighted by atomic mass is 10.1. The van der Waals surface area contributed by atoms with Crippen LogP contribution in [-0.2, 0) is 16.1 Å². The van der Waals surface area contributed by atoms with Gasteiger partial charge in [-0.2, -0.15) is 9.97 Å². The fourth-order valence-electron chi connectivity index (χ4n) is 4.85. The zero-order valence-electron chi connectivity index (χ0n) is 19.1. The third-order valence-electron chi connectivity index (χ3n) is 6.69. The van der Waals surface area contributed by atoms with Crippen LogP contribution in [0.15, 0.2) is 18.2 Å². The van der Waals surface area contributed by atoms with Crippen LogP contribution in [0.4, 0.5) is 8.78 Å². The van der Waals surface area contributed by atoms with Crippen molar-refractivity contribution in [3.63, 3.8) is 0 Å². The molecule has 36 heavy (non-hydrogen) atoms. The normalized spacial score (nSPS) is 26.0. The molecule has 0 radical (unpaired) electrons. The molecule has 9 nitrogen and oxygen atoms in total. The van der Waals surface area contributed by atoms with E-state index in [1.807, 2.05) is 0 Å². The van der Waals surface area contributed by atoms with Gasteiger partial charge in [0, 0.05) is 12.1 Å². The number of aromatic nitrogens is 3. The first-order chi connectivity index (χ1) is 17.4. The molecule has 192 valence electrons. The number of aliphatic hydroxyl groups excluding tert-OH is 1. The number of aliphatic hydroxyl groups is 1. The van der Waals surface area contributed by atoms with Gasteiger partial charge in [0.25, 0.3) is 6.01 Å². The summed E-state index contributed by atoms with van der Waals surface area (Å²) in [6.45, 7) is 0.00771. The minimum Gasteiger partial charge on any atom is -0.490 e. The van der Waals surface area contributed by atoms with E-state index < -0.39 is 42.7 Å². The molecule has 1 aromatic carbocycles. The minimum absolute atomic E-state index is 0.0109. The molecule has 1 aliphatic carbocycles. The van der Waals surface area contributed by atoms with E-state index >= 15 is 0 Å². The van der Waals surface area contributed by atoms with Gasteiger partial charge in [-0.15, -0.1) is 0 Å². The summed E-state index contributed by atoms with van der Waals surface area (Å²) in [5.74, 6) is -1.41. The van der Waals surface area contributed by atoms with Crippen LogP contribution in [-0.4, -0.2) is 63.8 Å². The van der Waals surface area contributed by atoms with Crippen LogP contribution in [0.5, 0.6) is 17.6 Å². The van der Waals surface area contributed by atoms with Crippen LogP contribution in [0.25, 0.3) is 11.2 Å². The number of nitrogens with zero attached hydrogens (tertiary/aromatic N) is 2. The first-order valence-electron chi connectivity index (χ1n) is 11.9. The van der Waals surface area contributed by atoms with Crippen molar-refractivity contribution in [3.8, 4) is 17.6 Å². The summed E-state index contributed by atoms with van der Waals surface area (Å²) in [4.78, 5) is 11.5. The predicted octanol–water partition coefficient (Wildman–Crippen LogP) is 3.70. The molecule has 2 saturated heterocycles. The molecule has 1 saturated carbocycles. The third-order valence-corrected chi connectivity index (χ3v) is 6.96. The van der Waals surface area contributed by atoms with Crippen LogP contribution < -0.4 is 14.2 Å². The van der Waals surface area contributed by atoms with Crippen molar-refractivity contribution >= 4 is 22.8 Å². The molecular weight excluding hydrogens is 500 g/mol. The standard InChI is InChI=1S/C24H24ClF2N3O6/c25-14-7-17-22(30-24(28-17)36-19-10-33-20-18(31)9-32-21(19)20)29-23(14)34-8-13-15(26)5-12(6-16(13)27)35-11-3-1-2-4-11/h5-7,11,18-21,31H,1-4,8-10H2,(H,28,29,30)/t18-,19-,20?,21?/m1/s1. The number of rotatable bonds is 7. The molecule has 0 bridgehead atoms. The molecule has 2 unspecified atom stereocenters. The number of fused-ring (bicyclic) bond motifs is 2. The van der Waals surface area contributed by atoms with E-state index in [2.05, 4.69) is 15.0 Å². The molecule has 12 heteroatoms. The Morgan fingerprint density at radius 1 is 1.03 bits per heavy atom. The monoisotopic (exact) mass is 523 g/mol. The van der Waals surface area contributed by atoms with E-state index in [1.54, 1.807) is 0 Å². The minimum atomic E-state index is -0.771. The van der Waals surface area contributed by atoms with Crippen molar-refractivity contribution in [3.05, 3.63) is 40.4 Å². The summed E-state index contributed by atoms with van der Waals surface area (Å²) in [6, 6.07) is 4.04. The molecule has 2 aliphatic heterocycles. The van der Waals surface area contributed by atoms with Gasteiger partial charge >= 0.3 is 0 Å². The van der Waals surface area contributed by atoms with E-state index in [1.165, 1.54) is 18.2 Å². The fraction of sp³-hybridized carbons (Fsp3) is 0.500. The van der Waals surface area contributed by atoms with Crippen LogP contribution in [0.1, 0.15) is 31.2 Å². The molecular formula is C24H24ClF2N3O6. The van der Waals surface area contributed by atoms with Gasteiger partial charge in [-0.25, -0.2) is 8.78 Å². The number of H-pyrrole nitrogens is 1. The lowest BCUT2D eigenvalue weighted by molar-refractivity contribution is 0.00706. The van der Waals surface area contributed by atoms with Gasteiger partial charge in [-0.05, 0) is 31.7 Å². The maximum Gasteiger partial charge on any atom is 0.296 e. The quantitative estimate of drug-likeness (QED) is 0.483. The number of imidazole rings is 1. The summed E-state index contributed by atoms with van der Waals surface area (Å²) in [5.41, 5.74) is 0.469. The van der Waals surface area contributed by atoms with E-state index in [-0.39, 0.29) is 53.2 Å². The van der Waals surface area contributed by atoms with Crippen LogP contribution in [0, 0.1) is 11.6 Å². The van der Waals surface area contributed by atoms with Gasteiger partial charge in [0.1, 0.15) is 47.3 Å². The van der Waals surface area contributed by atoms with Gasteiger partial charge in [-0.1, -0.05) is 11.6 Å². The highest BCUT2D eigenvalue weighted by atomic mass is 35.5. The summed E-state index contributed by atoms with van der Waals surface area (Å²) in [5, 5.41) is 10.0. The molecule has 2 aromatic heterocycles. The highest BCUT2D eigenvalue weighted by Gasteiger charge is 2.48. The number of hydrogen-bond acceptors (Lipinski definition) is 8. The number of benzene rings is 1. The van der Waals surface area contributed by atoms with Crippen LogP contribution in [0.3, 0.4) is 0 Å². The largest absolute Gasteiger partial charge is 0.490 e. The Kier molecular flexibility index (Phi) is 6.32. The van der Waals surface area contributed by atoms with Crippen LogP contribution in [0.2, 0.25) is 5.02 Å². The highest BCUT2D eigenvalue weighted by Crippen LogP contribution is 2.32. The van der Waals surface area contributed by atoms with Gasteiger partial charge in [0.05, 0.1) is 30.4 Å². The zero-order valence-corrected chi connectivity index (χ0v) is 19.8. The van der Waals surface area contributed by atoms with Crippen molar-refractivity contribution in [1.29, 1.82) is 0 Å². The maximum atomic E-state index is 14.6. The lowest BCUT2D eigenvalue weighted by Crippen LogP contribution is -2.34. The number of ether oxygens (including phenoxy) is 5. The Bertz CT molecular complexity index is 1250. The fourth-order valence-corrected chi connectivity index (χ4v) is 5.06. The molecule has 4 atom stereocenters. The second kappa shape index (κ2) is 9.62. The van der Waals surface area contributed by atoms with Gasteiger partial charge < -0.3 is 33.8 Å². The summed E-state index contributed by atoms with van der Waals surface area (Å²) < 4.78 is 57.5. The molecule has 4 heterocycles. The average molecular weight is 524 g/mol. The van der Waals surface area contributed by atoms with Crippen molar-refractivity contribution < 1.29 is 37.6 Å². The summed E-state index contributed by atoms with van der Waals surface area (Å²) in [6.07, 6.45) is 1.88. The Morgan fingerprint density at radius 2 is 1.78 bits per heavy atom. The molecule has 3 aliphatic rings. The van der Waals surface area contributed by atoms with E-state index in [0.717, 1.165) is 25.7 Å². The first-order valence-corrected chi connectivity index (χ1v) is 12.2. The molecule has 3 aromatic rings. The number of aromatic amines is 1. The topological polar surface area (TPSA) is 108 Å². The van der Waals surface area contributed by atoms with Crippen molar-refractivity contribution in [2.24, 2.45) is 0 Å². The van der Waals surface area contributed by atoms with Gasteiger partial charge in [-0.3, -0.25) is 0 Å². The second-order valence-corrected chi connectivity index (χ2v) is 9.59. The van der Waals surface area contributed by atoms with E-state index in [4.69, 9.17) is 35.3 Å². The number of halogens is 3. The Labute approximate surface area is 209 Å². The number of pyridine rings is 1. The van der Waals surface area contributed by atoms with E-state index in [9.17, 15) is 13.9 Å². The van der Waals surface area contributed by atoms with Gasteiger partial charge in [0.15, 0.2) is 11.8 Å². The predicted molar refractivity (Wildman–Crippen MR) is 122 cm³/mol. The first kappa shape index (κ1) is 23.7. The number of hydrogen-bond donors (Lipinski definition) is 2. The second-order valence-electron chi connectivity index (χ2n) is 9.19. The smallest absolute Gasteiger partial charge is 0.296 e.